The first-order chi connectivity index (χ1) is 9.81. The Morgan fingerprint density at radius 1 is 1.35 bits per heavy atom. The molecule has 1 aromatic carbocycles. The zero-order valence-corrected chi connectivity index (χ0v) is 11.7. The van der Waals surface area contributed by atoms with Gasteiger partial charge in [0.25, 0.3) is 0 Å². The van der Waals surface area contributed by atoms with Gasteiger partial charge in [-0.25, -0.2) is 0 Å². The second-order valence-corrected chi connectivity index (χ2v) is 5.70. The van der Waals surface area contributed by atoms with Crippen LogP contribution in [0.4, 0.5) is 5.69 Å². The van der Waals surface area contributed by atoms with Gasteiger partial charge in [-0.1, -0.05) is 18.2 Å². The summed E-state index contributed by atoms with van der Waals surface area (Å²) in [5.74, 6) is 0.114. The summed E-state index contributed by atoms with van der Waals surface area (Å²) in [6, 6.07) is 8.46. The highest BCUT2D eigenvalue weighted by molar-refractivity contribution is 5.77. The Labute approximate surface area is 119 Å². The van der Waals surface area contributed by atoms with Gasteiger partial charge in [0.15, 0.2) is 0 Å². The van der Waals surface area contributed by atoms with Crippen LogP contribution in [0, 0.1) is 0 Å². The third-order valence-corrected chi connectivity index (χ3v) is 4.07. The molecule has 2 aliphatic heterocycles. The Bertz CT molecular complexity index is 469. The van der Waals surface area contributed by atoms with Gasteiger partial charge in [-0.15, -0.1) is 0 Å². The number of carbonyl (C=O) groups is 1. The third-order valence-electron chi connectivity index (χ3n) is 4.07. The summed E-state index contributed by atoms with van der Waals surface area (Å²) in [6.45, 7) is 1.60. The first kappa shape index (κ1) is 13.4. The van der Waals surface area contributed by atoms with E-state index >= 15 is 0 Å². The number of para-hydroxylation sites is 1. The smallest absolute Gasteiger partial charge is 0.222 e. The van der Waals surface area contributed by atoms with E-state index in [0.29, 0.717) is 6.42 Å². The number of anilines is 1. The summed E-state index contributed by atoms with van der Waals surface area (Å²) in [7, 11) is 0. The molecule has 2 atom stereocenters. The number of benzene rings is 1. The van der Waals surface area contributed by atoms with Crippen LogP contribution in [-0.2, 0) is 16.0 Å². The minimum absolute atomic E-state index is 0.114. The molecule has 1 saturated heterocycles. The number of nitrogens with one attached hydrogen (secondary N) is 2. The van der Waals surface area contributed by atoms with Crippen molar-refractivity contribution in [3.63, 3.8) is 0 Å². The fourth-order valence-electron chi connectivity index (χ4n) is 3.01. The molecule has 0 spiro atoms. The number of hydrogen-bond donors (Lipinski definition) is 2. The molecule has 2 unspecified atom stereocenters. The zero-order valence-electron chi connectivity index (χ0n) is 11.7. The molecule has 0 bridgehead atoms. The monoisotopic (exact) mass is 274 g/mol. The highest BCUT2D eigenvalue weighted by Gasteiger charge is 2.22. The van der Waals surface area contributed by atoms with Gasteiger partial charge in [-0.2, -0.15) is 0 Å². The van der Waals surface area contributed by atoms with Crippen LogP contribution in [0.3, 0.4) is 0 Å². The lowest BCUT2D eigenvalue weighted by molar-refractivity contribution is -0.125. The standard InChI is InChI=1S/C16H22N2O2/c19-16(10-14-6-3-4-8-20-14)18-13-9-12-5-1-2-7-15(12)17-11-13/h1-2,5,7,13-14,17H,3-4,6,8-11H2,(H,18,19). The molecule has 4 heteroatoms. The molecule has 0 aliphatic carbocycles. The van der Waals surface area contributed by atoms with E-state index in [1.807, 2.05) is 12.1 Å². The minimum Gasteiger partial charge on any atom is -0.383 e. The summed E-state index contributed by atoms with van der Waals surface area (Å²) in [4.78, 5) is 12.1. The molecule has 2 aliphatic rings. The van der Waals surface area contributed by atoms with Crippen molar-refractivity contribution in [1.82, 2.24) is 5.32 Å². The minimum atomic E-state index is 0.114. The van der Waals surface area contributed by atoms with E-state index in [1.54, 1.807) is 0 Å². The average Bonchev–Trinajstić information content (AvgIpc) is 2.48. The number of rotatable bonds is 3. The van der Waals surface area contributed by atoms with E-state index in [0.717, 1.165) is 32.4 Å². The van der Waals surface area contributed by atoms with Gasteiger partial charge in [0.1, 0.15) is 0 Å². The van der Waals surface area contributed by atoms with Gasteiger partial charge in [0, 0.05) is 18.8 Å². The van der Waals surface area contributed by atoms with Crippen LogP contribution < -0.4 is 10.6 Å². The predicted octanol–water partition coefficient (Wildman–Crippen LogP) is 2.10. The first-order valence-electron chi connectivity index (χ1n) is 7.54. The maximum Gasteiger partial charge on any atom is 0.222 e. The molecular weight excluding hydrogens is 252 g/mol. The fourth-order valence-corrected chi connectivity index (χ4v) is 3.01. The summed E-state index contributed by atoms with van der Waals surface area (Å²) >= 11 is 0. The molecular formula is C16H22N2O2. The van der Waals surface area contributed by atoms with Crippen molar-refractivity contribution >= 4 is 11.6 Å². The van der Waals surface area contributed by atoms with Crippen molar-refractivity contribution in [2.75, 3.05) is 18.5 Å². The summed E-state index contributed by atoms with van der Waals surface area (Å²) in [5, 5.41) is 6.50. The molecule has 0 radical (unpaired) electrons. The SMILES string of the molecule is O=C(CC1CCCCO1)NC1CNc2ccccc2C1. The molecule has 2 N–H and O–H groups in total. The Morgan fingerprint density at radius 2 is 2.25 bits per heavy atom. The van der Waals surface area contributed by atoms with E-state index in [1.165, 1.54) is 17.7 Å². The maximum atomic E-state index is 12.1. The second kappa shape index (κ2) is 6.27. The molecule has 108 valence electrons. The summed E-state index contributed by atoms with van der Waals surface area (Å²) < 4.78 is 5.62. The normalized spacial score (nSPS) is 25.4. The Hall–Kier alpha value is -1.55. The molecule has 20 heavy (non-hydrogen) atoms. The van der Waals surface area contributed by atoms with Gasteiger partial charge >= 0.3 is 0 Å². The van der Waals surface area contributed by atoms with Gasteiger partial charge < -0.3 is 15.4 Å². The Kier molecular flexibility index (Phi) is 4.21. The van der Waals surface area contributed by atoms with E-state index in [2.05, 4.69) is 22.8 Å². The molecule has 0 aromatic heterocycles. The van der Waals surface area contributed by atoms with Gasteiger partial charge in [0.05, 0.1) is 18.6 Å². The maximum absolute atomic E-state index is 12.1. The number of fused-ring (bicyclic) bond motifs is 1. The molecule has 0 saturated carbocycles. The van der Waals surface area contributed by atoms with Crippen molar-refractivity contribution in [3.8, 4) is 0 Å². The van der Waals surface area contributed by atoms with Gasteiger partial charge in [0.2, 0.25) is 5.91 Å². The lowest BCUT2D eigenvalue weighted by atomic mass is 9.99. The predicted molar refractivity (Wildman–Crippen MR) is 78.8 cm³/mol. The van der Waals surface area contributed by atoms with Crippen LogP contribution in [0.15, 0.2) is 24.3 Å². The molecule has 1 fully saturated rings. The highest BCUT2D eigenvalue weighted by Crippen LogP contribution is 2.21. The van der Waals surface area contributed by atoms with Crippen LogP contribution in [0.2, 0.25) is 0 Å². The van der Waals surface area contributed by atoms with Crippen molar-refractivity contribution in [2.45, 2.75) is 44.2 Å². The van der Waals surface area contributed by atoms with Crippen molar-refractivity contribution in [1.29, 1.82) is 0 Å². The molecule has 1 aromatic rings. The van der Waals surface area contributed by atoms with Crippen LogP contribution in [0.25, 0.3) is 0 Å². The fraction of sp³-hybridized carbons (Fsp3) is 0.562. The quantitative estimate of drug-likeness (QED) is 0.887. The Balaban J connectivity index is 1.50. The lowest BCUT2D eigenvalue weighted by Crippen LogP contribution is -2.44. The molecule has 1 amide bonds. The average molecular weight is 274 g/mol. The third kappa shape index (κ3) is 3.31. The zero-order chi connectivity index (χ0) is 13.8. The molecule has 3 rings (SSSR count). The second-order valence-electron chi connectivity index (χ2n) is 5.70. The van der Waals surface area contributed by atoms with Crippen LogP contribution in [-0.4, -0.2) is 31.2 Å². The lowest BCUT2D eigenvalue weighted by Gasteiger charge is -2.28. The summed E-state index contributed by atoms with van der Waals surface area (Å²) in [6.07, 6.45) is 4.84. The van der Waals surface area contributed by atoms with Gasteiger partial charge in [-0.05, 0) is 37.3 Å². The Morgan fingerprint density at radius 3 is 3.10 bits per heavy atom. The van der Waals surface area contributed by atoms with E-state index < -0.39 is 0 Å². The van der Waals surface area contributed by atoms with Crippen LogP contribution >= 0.6 is 0 Å². The first-order valence-corrected chi connectivity index (χ1v) is 7.54. The number of carbonyl (C=O) groups excluding carboxylic acids is 1. The number of hydrogen-bond acceptors (Lipinski definition) is 3. The molecule has 4 nitrogen and oxygen atoms in total. The summed E-state index contributed by atoms with van der Waals surface area (Å²) in [5.41, 5.74) is 2.46. The van der Waals surface area contributed by atoms with E-state index in [9.17, 15) is 4.79 Å². The molecule has 2 heterocycles. The van der Waals surface area contributed by atoms with Crippen molar-refractivity contribution in [3.05, 3.63) is 29.8 Å². The highest BCUT2D eigenvalue weighted by atomic mass is 16.5. The number of amides is 1. The van der Waals surface area contributed by atoms with Crippen LogP contribution in [0.5, 0.6) is 0 Å². The topological polar surface area (TPSA) is 50.4 Å². The van der Waals surface area contributed by atoms with E-state index in [4.69, 9.17) is 4.74 Å². The van der Waals surface area contributed by atoms with E-state index in [-0.39, 0.29) is 18.1 Å². The van der Waals surface area contributed by atoms with Crippen molar-refractivity contribution in [2.24, 2.45) is 0 Å². The number of ether oxygens (including phenoxy) is 1. The van der Waals surface area contributed by atoms with Crippen LogP contribution in [0.1, 0.15) is 31.2 Å². The van der Waals surface area contributed by atoms with Crippen molar-refractivity contribution < 1.29 is 9.53 Å². The van der Waals surface area contributed by atoms with Gasteiger partial charge in [-0.3, -0.25) is 4.79 Å². The largest absolute Gasteiger partial charge is 0.383 e.